The minimum atomic E-state index is -0.500. The summed E-state index contributed by atoms with van der Waals surface area (Å²) < 4.78 is 0. The fourth-order valence-electron chi connectivity index (χ4n) is 1.01. The van der Waals surface area contributed by atoms with Gasteiger partial charge in [-0.25, -0.2) is 0 Å². The van der Waals surface area contributed by atoms with Crippen LogP contribution in [0.2, 0.25) is 0 Å². The van der Waals surface area contributed by atoms with Gasteiger partial charge >= 0.3 is 0 Å². The van der Waals surface area contributed by atoms with E-state index in [0.29, 0.717) is 6.54 Å². The van der Waals surface area contributed by atoms with Crippen LogP contribution in [0.1, 0.15) is 0 Å². The minimum Gasteiger partial charge on any atom is -0.389 e. The van der Waals surface area contributed by atoms with Crippen molar-refractivity contribution in [2.24, 2.45) is 0 Å². The van der Waals surface area contributed by atoms with Crippen LogP contribution in [0.4, 0.5) is 0 Å². The van der Waals surface area contributed by atoms with Crippen molar-refractivity contribution >= 4 is 5.91 Å². The highest BCUT2D eigenvalue weighted by Gasteiger charge is 2.22. The number of β-amino-alcohol motifs (C(OH)–C–C–N with tert-alkyl or cyclic N) is 1. The van der Waals surface area contributed by atoms with E-state index in [1.807, 2.05) is 0 Å². The third-order valence-electron chi connectivity index (χ3n) is 1.57. The van der Waals surface area contributed by atoms with Crippen LogP contribution in [-0.4, -0.2) is 48.4 Å². The summed E-state index contributed by atoms with van der Waals surface area (Å²) in [4.78, 5) is 16.0. The number of carbonyl (C=O) groups excluding carboxylic acids is 1. The number of nitrogens with one attached hydrogen (secondary N) is 1. The van der Waals surface area contributed by atoms with E-state index >= 15 is 0 Å². The molecule has 1 heterocycles. The van der Waals surface area contributed by atoms with Gasteiger partial charge in [0.15, 0.2) is 0 Å². The Morgan fingerprint density at radius 2 is 2.62 bits per heavy atom. The van der Waals surface area contributed by atoms with Crippen LogP contribution >= 0.6 is 0 Å². The number of hydrogen-bond acceptors (Lipinski definition) is 4. The fraction of sp³-hybridized carbons (Fsp3) is 0.625. The molecule has 0 aromatic rings. The van der Waals surface area contributed by atoms with Gasteiger partial charge in [-0.1, -0.05) is 5.92 Å². The Balaban J connectivity index is 2.18. The molecule has 1 atom stereocenters. The second-order valence-electron chi connectivity index (χ2n) is 2.75. The van der Waals surface area contributed by atoms with Gasteiger partial charge in [0.1, 0.15) is 6.54 Å². The third kappa shape index (κ3) is 3.42. The Morgan fingerprint density at radius 1 is 1.85 bits per heavy atom. The first-order valence-corrected chi connectivity index (χ1v) is 3.98. The molecule has 0 aromatic heterocycles. The molecule has 0 aromatic carbocycles. The zero-order chi connectivity index (χ0) is 9.68. The molecule has 5 heteroatoms. The summed E-state index contributed by atoms with van der Waals surface area (Å²) in [5, 5.41) is 13.0. The lowest BCUT2D eigenvalue weighted by Gasteiger charge is -2.11. The van der Waals surface area contributed by atoms with Crippen molar-refractivity contribution in [2.45, 2.75) is 6.10 Å². The van der Waals surface area contributed by atoms with Crippen molar-refractivity contribution in [3.63, 3.8) is 0 Å². The van der Waals surface area contributed by atoms with Crippen molar-refractivity contribution < 1.29 is 14.7 Å². The average molecular weight is 184 g/mol. The predicted molar refractivity (Wildman–Crippen MR) is 45.4 cm³/mol. The largest absolute Gasteiger partial charge is 0.389 e. The molecule has 13 heavy (non-hydrogen) atoms. The van der Waals surface area contributed by atoms with E-state index in [1.165, 1.54) is 5.06 Å². The van der Waals surface area contributed by atoms with Crippen molar-refractivity contribution in [1.29, 1.82) is 0 Å². The molecule has 1 aliphatic rings. The van der Waals surface area contributed by atoms with E-state index < -0.39 is 6.10 Å². The van der Waals surface area contributed by atoms with E-state index in [9.17, 15) is 4.79 Å². The van der Waals surface area contributed by atoms with Crippen LogP contribution in [-0.2, 0) is 9.63 Å². The summed E-state index contributed by atoms with van der Waals surface area (Å²) in [5.74, 6) is 2.09. The molecule has 1 unspecified atom stereocenters. The van der Waals surface area contributed by atoms with Crippen molar-refractivity contribution in [1.82, 2.24) is 10.4 Å². The molecule has 1 amide bonds. The summed E-state index contributed by atoms with van der Waals surface area (Å²) in [6, 6.07) is 0. The van der Waals surface area contributed by atoms with Crippen molar-refractivity contribution in [3.8, 4) is 12.3 Å². The highest BCUT2D eigenvalue weighted by molar-refractivity contribution is 5.78. The maximum atomic E-state index is 11.1. The van der Waals surface area contributed by atoms with Crippen molar-refractivity contribution in [3.05, 3.63) is 0 Å². The van der Waals surface area contributed by atoms with Crippen molar-refractivity contribution in [2.75, 3.05) is 26.2 Å². The average Bonchev–Trinajstić information content (AvgIpc) is 2.48. The molecule has 0 saturated carbocycles. The number of terminal acetylenes is 1. The molecule has 0 radical (unpaired) electrons. The highest BCUT2D eigenvalue weighted by Crippen LogP contribution is 2.03. The van der Waals surface area contributed by atoms with Gasteiger partial charge in [0, 0.05) is 0 Å². The Hall–Kier alpha value is -1.09. The van der Waals surface area contributed by atoms with Gasteiger partial charge in [-0.15, -0.1) is 6.42 Å². The van der Waals surface area contributed by atoms with Crippen LogP contribution in [0.15, 0.2) is 0 Å². The van der Waals surface area contributed by atoms with Gasteiger partial charge in [-0.3, -0.25) is 9.63 Å². The Bertz CT molecular complexity index is 224. The molecule has 1 aliphatic heterocycles. The number of aliphatic hydroxyl groups excluding tert-OH is 1. The first-order chi connectivity index (χ1) is 6.22. The topological polar surface area (TPSA) is 61.8 Å². The van der Waals surface area contributed by atoms with Gasteiger partial charge in [-0.2, -0.15) is 5.06 Å². The molecular formula is C8H12N2O3. The van der Waals surface area contributed by atoms with Gasteiger partial charge in [0.25, 0.3) is 0 Å². The molecule has 72 valence electrons. The van der Waals surface area contributed by atoms with E-state index in [-0.39, 0.29) is 25.6 Å². The predicted octanol–water partition coefficient (Wildman–Crippen LogP) is -1.66. The Morgan fingerprint density at radius 3 is 3.15 bits per heavy atom. The lowest BCUT2D eigenvalue weighted by molar-refractivity contribution is -0.142. The molecule has 0 aliphatic carbocycles. The zero-order valence-electron chi connectivity index (χ0n) is 7.19. The van der Waals surface area contributed by atoms with E-state index in [4.69, 9.17) is 16.4 Å². The summed E-state index contributed by atoms with van der Waals surface area (Å²) in [6.07, 6.45) is 4.46. The van der Waals surface area contributed by atoms with E-state index in [1.54, 1.807) is 0 Å². The smallest absolute Gasteiger partial charge is 0.237 e. The van der Waals surface area contributed by atoms with Crippen LogP contribution in [0.5, 0.6) is 0 Å². The first-order valence-electron chi connectivity index (χ1n) is 3.98. The summed E-state index contributed by atoms with van der Waals surface area (Å²) in [7, 11) is 0. The maximum absolute atomic E-state index is 11.1. The van der Waals surface area contributed by atoms with E-state index in [0.717, 1.165) is 0 Å². The number of aliphatic hydroxyl groups is 1. The number of amides is 1. The number of nitrogens with zero attached hydrogens (tertiary/aromatic N) is 1. The van der Waals surface area contributed by atoms with Crippen LogP contribution in [0.3, 0.4) is 0 Å². The highest BCUT2D eigenvalue weighted by atomic mass is 16.7. The monoisotopic (exact) mass is 184 g/mol. The number of carbonyl (C=O) groups is 1. The second kappa shape index (κ2) is 4.82. The summed E-state index contributed by atoms with van der Waals surface area (Å²) in [5.41, 5.74) is 0. The van der Waals surface area contributed by atoms with Gasteiger partial charge < -0.3 is 10.4 Å². The summed E-state index contributed by atoms with van der Waals surface area (Å²) in [6.45, 7) is 0.944. The molecule has 0 spiro atoms. The van der Waals surface area contributed by atoms with Crippen LogP contribution < -0.4 is 5.32 Å². The third-order valence-corrected chi connectivity index (χ3v) is 1.57. The lowest BCUT2D eigenvalue weighted by Crippen LogP contribution is -2.35. The molecule has 1 fully saturated rings. The van der Waals surface area contributed by atoms with Crippen LogP contribution in [0.25, 0.3) is 0 Å². The number of hydroxylamine groups is 2. The molecule has 1 saturated heterocycles. The SMILES string of the molecule is C#CCNC(=O)CN1CC(O)CO1. The quantitative estimate of drug-likeness (QED) is 0.516. The van der Waals surface area contributed by atoms with Gasteiger partial charge in [0.05, 0.1) is 25.8 Å². The molecule has 0 bridgehead atoms. The second-order valence-corrected chi connectivity index (χ2v) is 2.75. The maximum Gasteiger partial charge on any atom is 0.237 e. The molecule has 2 N–H and O–H groups in total. The zero-order valence-corrected chi connectivity index (χ0v) is 7.19. The molecular weight excluding hydrogens is 172 g/mol. The first kappa shape index (κ1) is 9.99. The molecule has 5 nitrogen and oxygen atoms in total. The lowest BCUT2D eigenvalue weighted by atomic mass is 10.4. The van der Waals surface area contributed by atoms with Gasteiger partial charge in [0.2, 0.25) is 5.91 Å². The molecule has 1 rings (SSSR count). The van der Waals surface area contributed by atoms with E-state index in [2.05, 4.69) is 11.2 Å². The minimum absolute atomic E-state index is 0.110. The fourth-order valence-corrected chi connectivity index (χ4v) is 1.01. The summed E-state index contributed by atoms with van der Waals surface area (Å²) >= 11 is 0. The Kier molecular flexibility index (Phi) is 3.71. The number of rotatable bonds is 3. The van der Waals surface area contributed by atoms with Crippen LogP contribution in [0, 0.1) is 12.3 Å². The number of hydrogen-bond donors (Lipinski definition) is 2. The standard InChI is InChI=1S/C8H12N2O3/c1-2-3-9-8(12)5-10-4-7(11)6-13-10/h1,7,11H,3-6H2,(H,9,12). The van der Waals surface area contributed by atoms with Gasteiger partial charge in [-0.05, 0) is 0 Å². The Labute approximate surface area is 76.6 Å². The normalized spacial score (nSPS) is 22.6.